The molecule has 4 heteroatoms. The van der Waals surface area contributed by atoms with Crippen LogP contribution in [-0.4, -0.2) is 0 Å². The third-order valence-electron chi connectivity index (χ3n) is 4.74. The maximum absolute atomic E-state index is 12.8. The first-order chi connectivity index (χ1) is 12.8. The molecule has 1 nitrogen and oxygen atoms in total. The lowest BCUT2D eigenvalue weighted by Gasteiger charge is -2.16. The van der Waals surface area contributed by atoms with E-state index in [1.54, 1.807) is 0 Å². The highest BCUT2D eigenvalue weighted by Gasteiger charge is 2.30. The summed E-state index contributed by atoms with van der Waals surface area (Å²) in [5.74, 6) is 0. The SMILES string of the molecule is Cc1ccc(CNC(C)c2ccccc2)cc1-c1ccc(C(F)(F)F)cc1. The van der Waals surface area contributed by atoms with E-state index in [-0.39, 0.29) is 6.04 Å². The quantitative estimate of drug-likeness (QED) is 0.539. The number of aryl methyl sites for hydroxylation is 1. The summed E-state index contributed by atoms with van der Waals surface area (Å²) >= 11 is 0. The predicted octanol–water partition coefficient (Wildman–Crippen LogP) is 6.53. The van der Waals surface area contributed by atoms with Gasteiger partial charge >= 0.3 is 6.18 Å². The minimum Gasteiger partial charge on any atom is -0.306 e. The molecule has 0 fully saturated rings. The van der Waals surface area contributed by atoms with Gasteiger partial charge in [-0.25, -0.2) is 0 Å². The van der Waals surface area contributed by atoms with E-state index in [0.29, 0.717) is 6.54 Å². The second-order valence-electron chi connectivity index (χ2n) is 6.74. The van der Waals surface area contributed by atoms with Crippen molar-refractivity contribution in [2.45, 2.75) is 32.6 Å². The zero-order valence-corrected chi connectivity index (χ0v) is 15.3. The lowest BCUT2D eigenvalue weighted by Crippen LogP contribution is -2.18. The number of halogens is 3. The minimum absolute atomic E-state index is 0.210. The molecule has 140 valence electrons. The number of alkyl halides is 3. The molecule has 0 aliphatic rings. The fraction of sp³-hybridized carbons (Fsp3) is 0.217. The van der Waals surface area contributed by atoms with Gasteiger partial charge in [-0.05, 0) is 59.9 Å². The van der Waals surface area contributed by atoms with Crippen LogP contribution in [0.3, 0.4) is 0 Å². The minimum atomic E-state index is -4.31. The molecule has 0 aliphatic heterocycles. The van der Waals surface area contributed by atoms with Crippen LogP contribution in [0.2, 0.25) is 0 Å². The first-order valence-corrected chi connectivity index (χ1v) is 8.90. The number of benzene rings is 3. The van der Waals surface area contributed by atoms with Gasteiger partial charge < -0.3 is 5.32 Å². The Morgan fingerprint density at radius 1 is 0.889 bits per heavy atom. The Morgan fingerprint density at radius 3 is 2.19 bits per heavy atom. The van der Waals surface area contributed by atoms with E-state index >= 15 is 0 Å². The number of rotatable bonds is 5. The summed E-state index contributed by atoms with van der Waals surface area (Å²) in [7, 11) is 0. The van der Waals surface area contributed by atoms with Crippen LogP contribution in [0.5, 0.6) is 0 Å². The molecule has 3 rings (SSSR count). The summed E-state index contributed by atoms with van der Waals surface area (Å²) in [6.45, 7) is 4.76. The van der Waals surface area contributed by atoms with Gasteiger partial charge in [0.25, 0.3) is 0 Å². The van der Waals surface area contributed by atoms with Gasteiger partial charge in [-0.3, -0.25) is 0 Å². The Kier molecular flexibility index (Phi) is 5.66. The van der Waals surface area contributed by atoms with Crippen molar-refractivity contribution in [1.82, 2.24) is 5.32 Å². The summed E-state index contributed by atoms with van der Waals surface area (Å²) in [6.07, 6.45) is -4.31. The molecular formula is C23H22F3N. The maximum Gasteiger partial charge on any atom is 0.416 e. The molecule has 27 heavy (non-hydrogen) atoms. The normalized spacial score (nSPS) is 12.8. The second kappa shape index (κ2) is 7.97. The summed E-state index contributed by atoms with van der Waals surface area (Å²) in [4.78, 5) is 0. The van der Waals surface area contributed by atoms with Gasteiger partial charge in [0.15, 0.2) is 0 Å². The fourth-order valence-corrected chi connectivity index (χ4v) is 3.06. The highest BCUT2D eigenvalue weighted by Crippen LogP contribution is 2.32. The molecule has 1 N–H and O–H groups in total. The lowest BCUT2D eigenvalue weighted by molar-refractivity contribution is -0.137. The van der Waals surface area contributed by atoms with E-state index in [2.05, 4.69) is 24.4 Å². The molecular weight excluding hydrogens is 347 g/mol. The van der Waals surface area contributed by atoms with E-state index in [1.165, 1.54) is 17.7 Å². The van der Waals surface area contributed by atoms with Gasteiger partial charge in [0, 0.05) is 12.6 Å². The van der Waals surface area contributed by atoms with Crippen molar-refractivity contribution in [3.8, 4) is 11.1 Å². The topological polar surface area (TPSA) is 12.0 Å². The van der Waals surface area contributed by atoms with Crippen LogP contribution in [0.25, 0.3) is 11.1 Å². The third-order valence-corrected chi connectivity index (χ3v) is 4.74. The standard InChI is InChI=1S/C23H22F3N/c1-16-8-9-18(15-27-17(2)19-6-4-3-5-7-19)14-22(16)20-10-12-21(13-11-20)23(24,25)26/h3-14,17,27H,15H2,1-2H3. The zero-order chi connectivity index (χ0) is 19.4. The molecule has 0 aliphatic carbocycles. The molecule has 0 saturated heterocycles. The van der Waals surface area contributed by atoms with Crippen molar-refractivity contribution in [3.63, 3.8) is 0 Å². The molecule has 1 atom stereocenters. The first kappa shape index (κ1) is 19.2. The molecule has 0 bridgehead atoms. The summed E-state index contributed by atoms with van der Waals surface area (Å²) < 4.78 is 38.3. The Hall–Kier alpha value is -2.59. The second-order valence-corrected chi connectivity index (χ2v) is 6.74. The summed E-state index contributed by atoms with van der Waals surface area (Å²) in [5, 5.41) is 3.49. The molecule has 3 aromatic carbocycles. The van der Waals surface area contributed by atoms with Crippen LogP contribution in [0.15, 0.2) is 72.8 Å². The Labute approximate surface area is 157 Å². The van der Waals surface area contributed by atoms with E-state index in [1.807, 2.05) is 43.3 Å². The van der Waals surface area contributed by atoms with E-state index in [0.717, 1.165) is 34.4 Å². The average molecular weight is 369 g/mol. The Balaban J connectivity index is 1.76. The van der Waals surface area contributed by atoms with Gasteiger partial charge in [0.2, 0.25) is 0 Å². The van der Waals surface area contributed by atoms with Crippen LogP contribution in [0.1, 0.15) is 35.2 Å². The first-order valence-electron chi connectivity index (χ1n) is 8.90. The maximum atomic E-state index is 12.8. The largest absolute Gasteiger partial charge is 0.416 e. The van der Waals surface area contributed by atoms with Crippen molar-refractivity contribution in [2.24, 2.45) is 0 Å². The number of hydrogen-bond donors (Lipinski definition) is 1. The van der Waals surface area contributed by atoms with Crippen LogP contribution in [0.4, 0.5) is 13.2 Å². The molecule has 0 heterocycles. The van der Waals surface area contributed by atoms with E-state index in [4.69, 9.17) is 0 Å². The van der Waals surface area contributed by atoms with Crippen LogP contribution in [-0.2, 0) is 12.7 Å². The highest BCUT2D eigenvalue weighted by atomic mass is 19.4. The summed E-state index contributed by atoms with van der Waals surface area (Å²) in [5.41, 5.74) is 4.47. The van der Waals surface area contributed by atoms with Gasteiger partial charge in [-0.15, -0.1) is 0 Å². The number of hydrogen-bond acceptors (Lipinski definition) is 1. The van der Waals surface area contributed by atoms with Crippen molar-refractivity contribution in [2.75, 3.05) is 0 Å². The van der Waals surface area contributed by atoms with Gasteiger partial charge in [-0.2, -0.15) is 13.2 Å². The van der Waals surface area contributed by atoms with Crippen LogP contribution < -0.4 is 5.32 Å². The van der Waals surface area contributed by atoms with Gasteiger partial charge in [0.1, 0.15) is 0 Å². The Morgan fingerprint density at radius 2 is 1.56 bits per heavy atom. The third kappa shape index (κ3) is 4.77. The van der Waals surface area contributed by atoms with E-state index < -0.39 is 11.7 Å². The molecule has 0 saturated carbocycles. The molecule has 0 radical (unpaired) electrons. The number of nitrogens with one attached hydrogen (secondary N) is 1. The van der Waals surface area contributed by atoms with Crippen LogP contribution >= 0.6 is 0 Å². The molecule has 0 aromatic heterocycles. The summed E-state index contributed by atoms with van der Waals surface area (Å²) in [6, 6.07) is 21.9. The molecule has 3 aromatic rings. The van der Waals surface area contributed by atoms with Crippen molar-refractivity contribution in [3.05, 3.63) is 95.1 Å². The predicted molar refractivity (Wildman–Crippen MR) is 103 cm³/mol. The average Bonchev–Trinajstić information content (AvgIpc) is 2.67. The van der Waals surface area contributed by atoms with Gasteiger partial charge in [-0.1, -0.05) is 54.6 Å². The van der Waals surface area contributed by atoms with Gasteiger partial charge in [0.05, 0.1) is 5.56 Å². The lowest BCUT2D eigenvalue weighted by atomic mass is 9.97. The molecule has 0 spiro atoms. The molecule has 0 amide bonds. The van der Waals surface area contributed by atoms with E-state index in [9.17, 15) is 13.2 Å². The van der Waals surface area contributed by atoms with Crippen molar-refractivity contribution >= 4 is 0 Å². The van der Waals surface area contributed by atoms with Crippen LogP contribution in [0, 0.1) is 6.92 Å². The smallest absolute Gasteiger partial charge is 0.306 e. The Bertz CT molecular complexity index is 884. The molecule has 1 unspecified atom stereocenters. The van der Waals surface area contributed by atoms with Crippen molar-refractivity contribution < 1.29 is 13.2 Å². The fourth-order valence-electron chi connectivity index (χ4n) is 3.06. The highest BCUT2D eigenvalue weighted by molar-refractivity contribution is 5.68. The monoisotopic (exact) mass is 369 g/mol. The zero-order valence-electron chi connectivity index (χ0n) is 15.3. The van der Waals surface area contributed by atoms with Crippen molar-refractivity contribution in [1.29, 1.82) is 0 Å².